The van der Waals surface area contributed by atoms with Crippen LogP contribution < -0.4 is 15.0 Å². The van der Waals surface area contributed by atoms with Gasteiger partial charge in [-0.2, -0.15) is 9.61 Å². The van der Waals surface area contributed by atoms with Crippen LogP contribution in [0.1, 0.15) is 23.2 Å². The van der Waals surface area contributed by atoms with E-state index in [1.807, 2.05) is 13.8 Å². The molecule has 0 radical (unpaired) electrons. The third-order valence-corrected chi connectivity index (χ3v) is 6.92. The van der Waals surface area contributed by atoms with Crippen LogP contribution in [-0.4, -0.2) is 23.0 Å². The van der Waals surface area contributed by atoms with Gasteiger partial charge in [0, 0.05) is 11.8 Å². The van der Waals surface area contributed by atoms with E-state index in [9.17, 15) is 13.2 Å². The summed E-state index contributed by atoms with van der Waals surface area (Å²) in [5.74, 6) is 0.527. The van der Waals surface area contributed by atoms with E-state index in [0.29, 0.717) is 22.1 Å². The summed E-state index contributed by atoms with van der Waals surface area (Å²) in [5.41, 5.74) is 1.65. The van der Waals surface area contributed by atoms with Crippen molar-refractivity contribution in [1.82, 2.24) is 14.6 Å². The molecule has 0 bridgehead atoms. The number of hydrogen-bond donors (Lipinski definition) is 1. The number of ether oxygens (including phenoxy) is 1. The van der Waals surface area contributed by atoms with Crippen LogP contribution in [0.2, 0.25) is 0 Å². The third-order valence-electron chi connectivity index (χ3n) is 4.47. The molecule has 160 valence electrons. The maximum absolute atomic E-state index is 12.5. The molecule has 0 saturated carbocycles. The minimum absolute atomic E-state index is 0.111. The first kappa shape index (κ1) is 21.0. The average molecular weight is 457 g/mol. The minimum Gasteiger partial charge on any atom is -0.487 e. The number of benzene rings is 2. The summed E-state index contributed by atoms with van der Waals surface area (Å²) in [6.45, 7) is 3.98. The maximum Gasteiger partial charge on any atom is 0.275 e. The highest BCUT2D eigenvalue weighted by Crippen LogP contribution is 2.20. The van der Waals surface area contributed by atoms with Gasteiger partial charge in [-0.05, 0) is 49.7 Å². The summed E-state index contributed by atoms with van der Waals surface area (Å²) in [6.07, 6.45) is 0.735. The van der Waals surface area contributed by atoms with E-state index < -0.39 is 10.0 Å². The normalized spacial score (nSPS) is 11.5. The second-order valence-electron chi connectivity index (χ2n) is 6.86. The van der Waals surface area contributed by atoms with Gasteiger partial charge in [-0.25, -0.2) is 13.4 Å². The molecule has 0 aliphatic carbocycles. The zero-order valence-electron chi connectivity index (χ0n) is 16.9. The Morgan fingerprint density at radius 2 is 1.81 bits per heavy atom. The van der Waals surface area contributed by atoms with Crippen LogP contribution in [0.4, 0.5) is 5.69 Å². The van der Waals surface area contributed by atoms with Gasteiger partial charge in [-0.3, -0.25) is 9.52 Å². The number of aryl methyl sites for hydroxylation is 2. The predicted octanol–water partition coefficient (Wildman–Crippen LogP) is 3.40. The number of anilines is 1. The monoisotopic (exact) mass is 456 g/mol. The van der Waals surface area contributed by atoms with E-state index in [4.69, 9.17) is 4.74 Å². The standard InChI is InChI=1S/C21H20N4O4S2/c1-3-19-23-25-20(26)12-16(22-21(25)30-19)13-29-17-8-6-15(7-9-17)24-31(27,28)18-10-4-14(2)5-11-18/h4-12,24H,3,13H2,1-2H3. The van der Waals surface area contributed by atoms with Gasteiger partial charge in [0.05, 0.1) is 10.6 Å². The highest BCUT2D eigenvalue weighted by molar-refractivity contribution is 7.92. The Morgan fingerprint density at radius 1 is 1.10 bits per heavy atom. The van der Waals surface area contributed by atoms with E-state index in [-0.39, 0.29) is 17.1 Å². The molecule has 0 amide bonds. The van der Waals surface area contributed by atoms with E-state index in [0.717, 1.165) is 17.0 Å². The van der Waals surface area contributed by atoms with Gasteiger partial charge < -0.3 is 4.74 Å². The molecule has 10 heteroatoms. The Kier molecular flexibility index (Phi) is 5.75. The lowest BCUT2D eigenvalue weighted by Crippen LogP contribution is -2.16. The summed E-state index contributed by atoms with van der Waals surface area (Å²) in [7, 11) is -3.67. The molecule has 31 heavy (non-hydrogen) atoms. The molecule has 0 aliphatic heterocycles. The van der Waals surface area contributed by atoms with Crippen LogP contribution in [0.3, 0.4) is 0 Å². The lowest BCUT2D eigenvalue weighted by Gasteiger charge is -2.10. The lowest BCUT2D eigenvalue weighted by atomic mass is 10.2. The molecule has 0 fully saturated rings. The van der Waals surface area contributed by atoms with Crippen molar-refractivity contribution in [3.63, 3.8) is 0 Å². The number of sulfonamides is 1. The van der Waals surface area contributed by atoms with Crippen molar-refractivity contribution >= 4 is 32.0 Å². The van der Waals surface area contributed by atoms with Gasteiger partial charge in [-0.1, -0.05) is 36.0 Å². The number of rotatable bonds is 7. The van der Waals surface area contributed by atoms with Gasteiger partial charge in [-0.15, -0.1) is 0 Å². The van der Waals surface area contributed by atoms with Crippen LogP contribution >= 0.6 is 11.3 Å². The molecule has 2 aromatic heterocycles. The van der Waals surface area contributed by atoms with Crippen LogP contribution in [0.25, 0.3) is 4.96 Å². The molecule has 4 aromatic rings. The molecule has 4 rings (SSSR count). The molecule has 0 saturated heterocycles. The number of nitrogens with zero attached hydrogens (tertiary/aromatic N) is 3. The topological polar surface area (TPSA) is 103 Å². The Labute approximate surface area is 183 Å². The van der Waals surface area contributed by atoms with Crippen molar-refractivity contribution in [2.24, 2.45) is 0 Å². The Balaban J connectivity index is 1.43. The summed E-state index contributed by atoms with van der Waals surface area (Å²) < 4.78 is 34.5. The van der Waals surface area contributed by atoms with E-state index in [1.165, 1.54) is 21.9 Å². The van der Waals surface area contributed by atoms with Crippen molar-refractivity contribution in [3.05, 3.63) is 81.2 Å². The number of aromatic nitrogens is 3. The predicted molar refractivity (Wildman–Crippen MR) is 119 cm³/mol. The summed E-state index contributed by atoms with van der Waals surface area (Å²) in [6, 6.07) is 14.6. The fourth-order valence-electron chi connectivity index (χ4n) is 2.82. The van der Waals surface area contributed by atoms with Gasteiger partial charge in [0.1, 0.15) is 17.4 Å². The lowest BCUT2D eigenvalue weighted by molar-refractivity contribution is 0.301. The molecule has 1 N–H and O–H groups in total. The average Bonchev–Trinajstić information content (AvgIpc) is 3.17. The van der Waals surface area contributed by atoms with Crippen molar-refractivity contribution in [2.75, 3.05) is 4.72 Å². The molecule has 2 aromatic carbocycles. The first-order chi connectivity index (χ1) is 14.8. The maximum atomic E-state index is 12.5. The van der Waals surface area contributed by atoms with Crippen molar-refractivity contribution in [3.8, 4) is 5.75 Å². The smallest absolute Gasteiger partial charge is 0.275 e. The van der Waals surface area contributed by atoms with Crippen LogP contribution in [0.5, 0.6) is 5.75 Å². The largest absolute Gasteiger partial charge is 0.487 e. The fraction of sp³-hybridized carbons (Fsp3) is 0.190. The van der Waals surface area contributed by atoms with Gasteiger partial charge in [0.25, 0.3) is 15.6 Å². The van der Waals surface area contributed by atoms with Crippen LogP contribution in [0, 0.1) is 6.92 Å². The zero-order valence-corrected chi connectivity index (χ0v) is 18.5. The second kappa shape index (κ2) is 8.48. The highest BCUT2D eigenvalue weighted by atomic mass is 32.2. The van der Waals surface area contributed by atoms with Crippen LogP contribution in [0.15, 0.2) is 64.3 Å². The molecule has 8 nitrogen and oxygen atoms in total. The molecular weight excluding hydrogens is 436 g/mol. The SMILES string of the molecule is CCc1nn2c(=O)cc(COc3ccc(NS(=O)(=O)c4ccc(C)cc4)cc3)nc2s1. The second-order valence-corrected chi connectivity index (χ2v) is 9.58. The summed E-state index contributed by atoms with van der Waals surface area (Å²) in [5, 5.41) is 5.06. The molecule has 0 atom stereocenters. The molecule has 0 spiro atoms. The Morgan fingerprint density at radius 3 is 2.48 bits per heavy atom. The van der Waals surface area contributed by atoms with Crippen molar-refractivity contribution < 1.29 is 13.2 Å². The van der Waals surface area contributed by atoms with Gasteiger partial charge in [0.15, 0.2) is 0 Å². The van der Waals surface area contributed by atoms with Gasteiger partial charge in [0.2, 0.25) is 4.96 Å². The van der Waals surface area contributed by atoms with Gasteiger partial charge >= 0.3 is 0 Å². The van der Waals surface area contributed by atoms with Crippen molar-refractivity contribution in [1.29, 1.82) is 0 Å². The fourth-order valence-corrected chi connectivity index (χ4v) is 4.74. The third kappa shape index (κ3) is 4.75. The van der Waals surface area contributed by atoms with E-state index in [1.54, 1.807) is 48.5 Å². The Bertz CT molecular complexity index is 1380. The first-order valence-corrected chi connectivity index (χ1v) is 11.8. The molecule has 2 heterocycles. The van der Waals surface area contributed by atoms with Crippen molar-refractivity contribution in [2.45, 2.75) is 31.8 Å². The highest BCUT2D eigenvalue weighted by Gasteiger charge is 2.14. The molecular formula is C21H20N4O4S2. The molecule has 0 unspecified atom stereocenters. The summed E-state index contributed by atoms with van der Waals surface area (Å²) >= 11 is 1.37. The zero-order chi connectivity index (χ0) is 22.0. The number of nitrogens with one attached hydrogen (secondary N) is 1. The van der Waals surface area contributed by atoms with Crippen LogP contribution in [-0.2, 0) is 23.1 Å². The minimum atomic E-state index is -3.67. The van der Waals surface area contributed by atoms with E-state index >= 15 is 0 Å². The summed E-state index contributed by atoms with van der Waals surface area (Å²) in [4.78, 5) is 17.4. The number of hydrogen-bond acceptors (Lipinski definition) is 7. The number of fused-ring (bicyclic) bond motifs is 1. The first-order valence-electron chi connectivity index (χ1n) is 9.55. The van der Waals surface area contributed by atoms with E-state index in [2.05, 4.69) is 14.8 Å². The molecule has 0 aliphatic rings. The quantitative estimate of drug-likeness (QED) is 0.457. The Hall–Kier alpha value is -3.24.